The van der Waals surface area contributed by atoms with Crippen LogP contribution in [0.15, 0.2) is 30.3 Å². The molecule has 0 aliphatic carbocycles. The summed E-state index contributed by atoms with van der Waals surface area (Å²) in [6, 6.07) is 9.86. The van der Waals surface area contributed by atoms with Gasteiger partial charge in [0.15, 0.2) is 0 Å². The molecule has 24 heavy (non-hydrogen) atoms. The summed E-state index contributed by atoms with van der Waals surface area (Å²) in [5.41, 5.74) is 1.17. The van der Waals surface area contributed by atoms with Gasteiger partial charge in [-0.3, -0.25) is 4.90 Å². The van der Waals surface area contributed by atoms with E-state index in [-0.39, 0.29) is 6.04 Å². The van der Waals surface area contributed by atoms with E-state index >= 15 is 0 Å². The van der Waals surface area contributed by atoms with E-state index in [9.17, 15) is 13.2 Å². The van der Waals surface area contributed by atoms with Crippen LogP contribution < -0.4 is 4.90 Å². The maximum Gasteiger partial charge on any atom is 0.401 e. The van der Waals surface area contributed by atoms with Crippen LogP contribution >= 0.6 is 11.3 Å². The lowest BCUT2D eigenvalue weighted by atomic mass is 10.2. The smallest absolute Gasteiger partial charge is 0.344 e. The van der Waals surface area contributed by atoms with Gasteiger partial charge in [0.25, 0.3) is 0 Å². The van der Waals surface area contributed by atoms with Gasteiger partial charge in [0, 0.05) is 32.1 Å². The predicted molar refractivity (Wildman–Crippen MR) is 88.5 cm³/mol. The van der Waals surface area contributed by atoms with E-state index < -0.39 is 12.7 Å². The molecular formula is C16H19F3N4S. The molecule has 0 N–H and O–H groups in total. The quantitative estimate of drug-likeness (QED) is 0.842. The molecule has 1 aromatic heterocycles. The molecule has 0 spiro atoms. The van der Waals surface area contributed by atoms with Crippen LogP contribution in [-0.4, -0.2) is 53.5 Å². The summed E-state index contributed by atoms with van der Waals surface area (Å²) in [6.45, 7) is 2.44. The fourth-order valence-electron chi connectivity index (χ4n) is 2.85. The highest BCUT2D eigenvalue weighted by atomic mass is 32.1. The molecule has 2 heterocycles. The Bertz CT molecular complexity index is 659. The van der Waals surface area contributed by atoms with Crippen LogP contribution in [0, 0.1) is 0 Å². The normalized spacial score (nSPS) is 19.7. The van der Waals surface area contributed by atoms with Crippen molar-refractivity contribution in [1.82, 2.24) is 15.1 Å². The molecule has 0 saturated carbocycles. The van der Waals surface area contributed by atoms with Crippen molar-refractivity contribution < 1.29 is 13.2 Å². The first-order chi connectivity index (χ1) is 11.4. The Balaban J connectivity index is 1.60. The predicted octanol–water partition coefficient (Wildman–Crippen LogP) is 3.20. The van der Waals surface area contributed by atoms with Crippen LogP contribution in [0.5, 0.6) is 0 Å². The maximum atomic E-state index is 12.6. The van der Waals surface area contributed by atoms with E-state index in [0.29, 0.717) is 19.6 Å². The average Bonchev–Trinajstić information content (AvgIpc) is 2.97. The number of hydrogen-bond acceptors (Lipinski definition) is 5. The minimum absolute atomic E-state index is 0.165. The molecule has 1 aliphatic heterocycles. The van der Waals surface area contributed by atoms with Crippen molar-refractivity contribution in [3.63, 3.8) is 0 Å². The summed E-state index contributed by atoms with van der Waals surface area (Å²) in [5, 5.41) is 10.2. The summed E-state index contributed by atoms with van der Waals surface area (Å²) in [5.74, 6) is 0. The number of anilines is 1. The van der Waals surface area contributed by atoms with Gasteiger partial charge in [-0.2, -0.15) is 13.2 Å². The van der Waals surface area contributed by atoms with Gasteiger partial charge in [0.05, 0.1) is 6.54 Å². The highest BCUT2D eigenvalue weighted by Crippen LogP contribution is 2.26. The van der Waals surface area contributed by atoms with Crippen LogP contribution in [0.2, 0.25) is 0 Å². The first-order valence-corrected chi connectivity index (χ1v) is 8.64. The van der Waals surface area contributed by atoms with Crippen LogP contribution in [0.25, 0.3) is 0 Å². The first-order valence-electron chi connectivity index (χ1n) is 7.83. The third kappa shape index (κ3) is 4.45. The number of nitrogens with zero attached hydrogens (tertiary/aromatic N) is 4. The second-order valence-corrected chi connectivity index (χ2v) is 7.06. The molecule has 1 atom stereocenters. The van der Waals surface area contributed by atoms with Gasteiger partial charge in [-0.05, 0) is 12.5 Å². The number of hydrogen-bond donors (Lipinski definition) is 0. The maximum absolute atomic E-state index is 12.6. The Morgan fingerprint density at radius 1 is 1.17 bits per heavy atom. The van der Waals surface area contributed by atoms with Crippen molar-refractivity contribution in [2.45, 2.75) is 25.6 Å². The summed E-state index contributed by atoms with van der Waals surface area (Å²) in [4.78, 5) is 3.51. The number of aromatic nitrogens is 2. The van der Waals surface area contributed by atoms with Crippen molar-refractivity contribution in [2.24, 2.45) is 0 Å². The van der Waals surface area contributed by atoms with Gasteiger partial charge in [0.2, 0.25) is 5.13 Å². The molecule has 1 aromatic carbocycles. The molecule has 8 heteroatoms. The van der Waals surface area contributed by atoms with Gasteiger partial charge in [-0.1, -0.05) is 41.7 Å². The minimum atomic E-state index is -4.15. The van der Waals surface area contributed by atoms with E-state index in [1.165, 1.54) is 21.8 Å². The Labute approximate surface area is 142 Å². The Hall–Kier alpha value is -1.67. The van der Waals surface area contributed by atoms with Crippen LogP contribution in [0.3, 0.4) is 0 Å². The Kier molecular flexibility index (Phi) is 5.05. The van der Waals surface area contributed by atoms with Crippen molar-refractivity contribution in [3.8, 4) is 0 Å². The fourth-order valence-corrected chi connectivity index (χ4v) is 3.76. The van der Waals surface area contributed by atoms with E-state index in [4.69, 9.17) is 0 Å². The van der Waals surface area contributed by atoms with Crippen LogP contribution in [0.4, 0.5) is 18.3 Å². The molecule has 0 radical (unpaired) electrons. The van der Waals surface area contributed by atoms with E-state index in [0.717, 1.165) is 16.6 Å². The standard InChI is InChI=1S/C16H19F3N4S/c1-12-10-22(7-8-23(12)11-16(17,18)19)15-21-20-14(24-15)9-13-5-3-2-4-6-13/h2-6,12H,7-11H2,1H3. The van der Waals surface area contributed by atoms with Crippen molar-refractivity contribution >= 4 is 16.5 Å². The van der Waals surface area contributed by atoms with E-state index in [1.54, 1.807) is 0 Å². The van der Waals surface area contributed by atoms with Gasteiger partial charge < -0.3 is 4.90 Å². The van der Waals surface area contributed by atoms with E-state index in [2.05, 4.69) is 10.2 Å². The minimum Gasteiger partial charge on any atom is -0.344 e. The van der Waals surface area contributed by atoms with Crippen molar-refractivity contribution in [3.05, 3.63) is 40.9 Å². The van der Waals surface area contributed by atoms with Gasteiger partial charge >= 0.3 is 6.18 Å². The molecule has 1 unspecified atom stereocenters. The Morgan fingerprint density at radius 3 is 2.58 bits per heavy atom. The number of alkyl halides is 3. The Morgan fingerprint density at radius 2 is 1.92 bits per heavy atom. The highest BCUT2D eigenvalue weighted by molar-refractivity contribution is 7.15. The molecule has 2 aromatic rings. The second kappa shape index (κ2) is 7.06. The summed E-state index contributed by atoms with van der Waals surface area (Å²) >= 11 is 1.51. The molecule has 0 bridgehead atoms. The third-order valence-electron chi connectivity index (χ3n) is 4.07. The van der Waals surface area contributed by atoms with Crippen molar-refractivity contribution in [2.75, 3.05) is 31.1 Å². The SMILES string of the molecule is CC1CN(c2nnc(Cc3ccccc3)s2)CCN1CC(F)(F)F. The third-order valence-corrected chi connectivity index (χ3v) is 5.06. The molecule has 130 valence electrons. The molecule has 4 nitrogen and oxygen atoms in total. The fraction of sp³-hybridized carbons (Fsp3) is 0.500. The number of rotatable bonds is 4. The summed E-state index contributed by atoms with van der Waals surface area (Å²) in [7, 11) is 0. The average molecular weight is 356 g/mol. The zero-order valence-electron chi connectivity index (χ0n) is 13.3. The zero-order valence-corrected chi connectivity index (χ0v) is 14.1. The molecule has 0 amide bonds. The molecule has 1 saturated heterocycles. The van der Waals surface area contributed by atoms with Crippen LogP contribution in [-0.2, 0) is 6.42 Å². The number of piperazine rings is 1. The monoisotopic (exact) mass is 356 g/mol. The topological polar surface area (TPSA) is 32.3 Å². The lowest BCUT2D eigenvalue weighted by molar-refractivity contribution is -0.150. The highest BCUT2D eigenvalue weighted by Gasteiger charge is 2.35. The summed E-state index contributed by atoms with van der Waals surface area (Å²) in [6.07, 6.45) is -3.43. The summed E-state index contributed by atoms with van der Waals surface area (Å²) < 4.78 is 37.7. The molecule has 1 aliphatic rings. The molecule has 3 rings (SSSR count). The largest absolute Gasteiger partial charge is 0.401 e. The second-order valence-electron chi connectivity index (χ2n) is 6.02. The zero-order chi connectivity index (χ0) is 17.2. The first kappa shape index (κ1) is 17.2. The lowest BCUT2D eigenvalue weighted by Gasteiger charge is -2.39. The van der Waals surface area contributed by atoms with Gasteiger partial charge in [0.1, 0.15) is 5.01 Å². The number of benzene rings is 1. The van der Waals surface area contributed by atoms with Crippen LogP contribution in [0.1, 0.15) is 17.5 Å². The van der Waals surface area contributed by atoms with E-state index in [1.807, 2.05) is 42.2 Å². The van der Waals surface area contributed by atoms with Gasteiger partial charge in [-0.25, -0.2) is 0 Å². The van der Waals surface area contributed by atoms with Crippen molar-refractivity contribution in [1.29, 1.82) is 0 Å². The molecular weight excluding hydrogens is 337 g/mol. The van der Waals surface area contributed by atoms with Gasteiger partial charge in [-0.15, -0.1) is 10.2 Å². The molecule has 1 fully saturated rings. The number of halogens is 3. The lowest BCUT2D eigenvalue weighted by Crippen LogP contribution is -2.54.